The van der Waals surface area contributed by atoms with E-state index in [0.717, 1.165) is 39.0 Å². The summed E-state index contributed by atoms with van der Waals surface area (Å²) in [6, 6.07) is 17.1. The lowest BCUT2D eigenvalue weighted by molar-refractivity contribution is -0.124. The molecule has 4 rings (SSSR count). The second-order valence-electron chi connectivity index (χ2n) is 8.36. The highest BCUT2D eigenvalue weighted by Gasteiger charge is 2.35. The van der Waals surface area contributed by atoms with Gasteiger partial charge in [-0.25, -0.2) is 0 Å². The zero-order valence-electron chi connectivity index (χ0n) is 17.7. The van der Waals surface area contributed by atoms with E-state index in [2.05, 4.69) is 71.5 Å². The molecule has 30 heavy (non-hydrogen) atoms. The zero-order valence-corrected chi connectivity index (χ0v) is 17.7. The van der Waals surface area contributed by atoms with Crippen LogP contribution in [0.25, 0.3) is 11.1 Å². The molecule has 0 bridgehead atoms. The Balaban J connectivity index is 1.69. The van der Waals surface area contributed by atoms with Gasteiger partial charge in [0.1, 0.15) is 5.78 Å². The van der Waals surface area contributed by atoms with Crippen molar-refractivity contribution in [1.29, 1.82) is 0 Å². The van der Waals surface area contributed by atoms with Gasteiger partial charge in [-0.15, -0.1) is 0 Å². The summed E-state index contributed by atoms with van der Waals surface area (Å²) in [6.45, 7) is 9.34. The molecule has 2 atom stereocenters. The highest BCUT2D eigenvalue weighted by atomic mass is 16.1. The first kappa shape index (κ1) is 20.4. The van der Waals surface area contributed by atoms with Gasteiger partial charge in [0, 0.05) is 43.4 Å². The third kappa shape index (κ3) is 4.34. The number of hydrogen-bond acceptors (Lipinski definition) is 4. The van der Waals surface area contributed by atoms with Crippen molar-refractivity contribution in [3.63, 3.8) is 0 Å². The number of carbonyl (C=O) groups excluding carboxylic acids is 1. The summed E-state index contributed by atoms with van der Waals surface area (Å²) in [4.78, 5) is 15.8. The van der Waals surface area contributed by atoms with Crippen molar-refractivity contribution in [3.05, 3.63) is 78.6 Å². The molecule has 0 amide bonds. The van der Waals surface area contributed by atoms with Crippen LogP contribution in [0.1, 0.15) is 31.2 Å². The molecule has 0 aromatic heterocycles. The summed E-state index contributed by atoms with van der Waals surface area (Å²) in [5.41, 5.74) is 5.98. The van der Waals surface area contributed by atoms with Crippen LogP contribution in [0.15, 0.2) is 73.1 Å². The van der Waals surface area contributed by atoms with E-state index < -0.39 is 0 Å². The standard InChI is InChI=1S/C26H31N3O/c1-3-27-16-19(2)18-29-14-12-23(26(30)22-11-13-28-17-22)24-15-21(9-10-25(24)29)20-7-5-4-6-8-20/h3-10,15-16,22-23,27-28H,1,11-14,17-18H2,2H3/b19-16+. The fourth-order valence-electron chi connectivity index (χ4n) is 4.68. The average molecular weight is 402 g/mol. The van der Waals surface area contributed by atoms with Crippen LogP contribution in [-0.4, -0.2) is 32.0 Å². The maximum Gasteiger partial charge on any atom is 0.144 e. The van der Waals surface area contributed by atoms with Crippen molar-refractivity contribution in [2.45, 2.75) is 25.7 Å². The number of Topliss-reactive ketones (excluding diaryl/α,β-unsaturated/α-hetero) is 1. The zero-order chi connectivity index (χ0) is 20.9. The van der Waals surface area contributed by atoms with Gasteiger partial charge in [-0.1, -0.05) is 43.0 Å². The number of ketones is 1. The number of rotatable bonds is 7. The van der Waals surface area contributed by atoms with Crippen LogP contribution in [0.5, 0.6) is 0 Å². The van der Waals surface area contributed by atoms with Crippen molar-refractivity contribution in [2.24, 2.45) is 5.92 Å². The minimum atomic E-state index is -0.0135. The Kier molecular flexibility index (Phi) is 6.34. The van der Waals surface area contributed by atoms with Gasteiger partial charge in [0.05, 0.1) is 0 Å². The number of nitrogens with one attached hydrogen (secondary N) is 2. The normalized spacial score (nSPS) is 21.2. The molecule has 2 N–H and O–H groups in total. The van der Waals surface area contributed by atoms with E-state index in [0.29, 0.717) is 5.78 Å². The van der Waals surface area contributed by atoms with Crippen molar-refractivity contribution < 1.29 is 4.79 Å². The lowest BCUT2D eigenvalue weighted by Gasteiger charge is -2.36. The van der Waals surface area contributed by atoms with Crippen LogP contribution in [-0.2, 0) is 4.79 Å². The van der Waals surface area contributed by atoms with Crippen molar-refractivity contribution in [1.82, 2.24) is 10.6 Å². The van der Waals surface area contributed by atoms with Crippen molar-refractivity contribution in [2.75, 3.05) is 31.1 Å². The topological polar surface area (TPSA) is 44.4 Å². The third-order valence-corrected chi connectivity index (χ3v) is 6.23. The molecule has 2 aromatic rings. The summed E-state index contributed by atoms with van der Waals surface area (Å²) < 4.78 is 0. The number of fused-ring (bicyclic) bond motifs is 1. The average Bonchev–Trinajstić information content (AvgIpc) is 3.33. The Morgan fingerprint density at radius 1 is 1.20 bits per heavy atom. The summed E-state index contributed by atoms with van der Waals surface area (Å²) in [5.74, 6) is 0.542. The second kappa shape index (κ2) is 9.31. The van der Waals surface area contributed by atoms with Gasteiger partial charge in [0.2, 0.25) is 0 Å². The van der Waals surface area contributed by atoms with Gasteiger partial charge < -0.3 is 15.5 Å². The number of anilines is 1. The summed E-state index contributed by atoms with van der Waals surface area (Å²) in [6.07, 6.45) is 5.52. The van der Waals surface area contributed by atoms with Crippen LogP contribution in [0.4, 0.5) is 5.69 Å². The molecule has 2 aliphatic heterocycles. The molecule has 0 spiro atoms. The van der Waals surface area contributed by atoms with Crippen LogP contribution in [0.2, 0.25) is 0 Å². The Morgan fingerprint density at radius 3 is 2.77 bits per heavy atom. The molecule has 1 fully saturated rings. The molecule has 1 saturated heterocycles. The molecule has 2 aromatic carbocycles. The predicted molar refractivity (Wildman–Crippen MR) is 125 cm³/mol. The van der Waals surface area contributed by atoms with Gasteiger partial charge in [0.15, 0.2) is 0 Å². The quantitative estimate of drug-likeness (QED) is 0.719. The third-order valence-electron chi connectivity index (χ3n) is 6.23. The number of benzene rings is 2. The largest absolute Gasteiger partial charge is 0.368 e. The molecule has 2 unspecified atom stereocenters. The van der Waals surface area contributed by atoms with Gasteiger partial charge >= 0.3 is 0 Å². The SMILES string of the molecule is C=CN/C=C(\C)CN1CCC(C(=O)C2CCNC2)c2cc(-c3ccccc3)ccc21. The van der Waals surface area contributed by atoms with Crippen molar-refractivity contribution in [3.8, 4) is 11.1 Å². The maximum absolute atomic E-state index is 13.4. The first-order valence-corrected chi connectivity index (χ1v) is 10.9. The molecule has 4 nitrogen and oxygen atoms in total. The Labute approximate surface area is 179 Å². The highest BCUT2D eigenvalue weighted by molar-refractivity contribution is 5.91. The fourth-order valence-corrected chi connectivity index (χ4v) is 4.68. The predicted octanol–water partition coefficient (Wildman–Crippen LogP) is 4.46. The summed E-state index contributed by atoms with van der Waals surface area (Å²) in [7, 11) is 0. The minimum Gasteiger partial charge on any atom is -0.368 e. The monoisotopic (exact) mass is 401 g/mol. The second-order valence-corrected chi connectivity index (χ2v) is 8.36. The van der Waals surface area contributed by atoms with E-state index in [9.17, 15) is 4.79 Å². The number of hydrogen-bond donors (Lipinski definition) is 2. The maximum atomic E-state index is 13.4. The molecule has 0 aliphatic carbocycles. The van der Waals surface area contributed by atoms with Gasteiger partial charge in [-0.2, -0.15) is 0 Å². The van der Waals surface area contributed by atoms with E-state index in [1.54, 1.807) is 6.20 Å². The molecular formula is C26H31N3O. The Morgan fingerprint density at radius 2 is 2.03 bits per heavy atom. The first-order valence-electron chi connectivity index (χ1n) is 10.9. The first-order chi connectivity index (χ1) is 14.7. The lowest BCUT2D eigenvalue weighted by Crippen LogP contribution is -2.36. The molecule has 2 heterocycles. The van der Waals surface area contributed by atoms with E-state index in [1.165, 1.54) is 28.0 Å². The van der Waals surface area contributed by atoms with E-state index in [-0.39, 0.29) is 11.8 Å². The van der Waals surface area contributed by atoms with E-state index >= 15 is 0 Å². The number of nitrogens with zero attached hydrogens (tertiary/aromatic N) is 1. The molecule has 4 heteroatoms. The smallest absolute Gasteiger partial charge is 0.144 e. The van der Waals surface area contributed by atoms with E-state index in [1.807, 2.05) is 12.3 Å². The van der Waals surface area contributed by atoms with Crippen molar-refractivity contribution >= 4 is 11.5 Å². The van der Waals surface area contributed by atoms with E-state index in [4.69, 9.17) is 0 Å². The molecular weight excluding hydrogens is 370 g/mol. The highest BCUT2D eigenvalue weighted by Crippen LogP contribution is 2.40. The fraction of sp³-hybridized carbons (Fsp3) is 0.346. The molecule has 156 valence electrons. The molecule has 0 radical (unpaired) electrons. The van der Waals surface area contributed by atoms with Gasteiger partial charge in [-0.05, 0) is 66.9 Å². The van der Waals surface area contributed by atoms with Crippen LogP contribution >= 0.6 is 0 Å². The Hall–Kier alpha value is -2.85. The Bertz CT molecular complexity index is 929. The van der Waals surface area contributed by atoms with Crippen LogP contribution < -0.4 is 15.5 Å². The van der Waals surface area contributed by atoms with Crippen LogP contribution in [0.3, 0.4) is 0 Å². The number of carbonyl (C=O) groups is 1. The molecule has 2 aliphatic rings. The van der Waals surface area contributed by atoms with Gasteiger partial charge in [0.25, 0.3) is 0 Å². The lowest BCUT2D eigenvalue weighted by atomic mass is 9.80. The van der Waals surface area contributed by atoms with Crippen LogP contribution in [0, 0.1) is 5.92 Å². The summed E-state index contributed by atoms with van der Waals surface area (Å²) in [5, 5.41) is 6.42. The molecule has 0 saturated carbocycles. The minimum absolute atomic E-state index is 0.0135. The van der Waals surface area contributed by atoms with Gasteiger partial charge in [-0.3, -0.25) is 4.79 Å². The summed E-state index contributed by atoms with van der Waals surface area (Å²) >= 11 is 0.